The zero-order valence-corrected chi connectivity index (χ0v) is 12.3. The molecule has 0 unspecified atom stereocenters. The molecule has 6 nitrogen and oxygen atoms in total. The van der Waals surface area contributed by atoms with Crippen LogP contribution in [0, 0.1) is 18.3 Å². The van der Waals surface area contributed by atoms with E-state index in [0.717, 1.165) is 6.20 Å². The van der Waals surface area contributed by atoms with Crippen LogP contribution >= 0.6 is 11.6 Å². The number of carbonyl (C=O) groups is 2. The minimum atomic E-state index is -0.597. The highest BCUT2D eigenvalue weighted by molar-refractivity contribution is 6.31. The summed E-state index contributed by atoms with van der Waals surface area (Å²) < 4.78 is 4.42. The van der Waals surface area contributed by atoms with Crippen LogP contribution in [0.2, 0.25) is 5.02 Å². The lowest BCUT2D eigenvalue weighted by molar-refractivity contribution is -0.139. The van der Waals surface area contributed by atoms with E-state index >= 15 is 0 Å². The summed E-state index contributed by atoms with van der Waals surface area (Å²) in [5.41, 5.74) is 1.05. The highest BCUT2D eigenvalue weighted by Crippen LogP contribution is 2.23. The third kappa shape index (κ3) is 4.82. The molecule has 0 fully saturated rings. The van der Waals surface area contributed by atoms with Crippen molar-refractivity contribution >= 4 is 29.2 Å². The second-order valence-corrected chi connectivity index (χ2v) is 4.40. The number of esters is 1. The number of hydrogen-bond acceptors (Lipinski definition) is 5. The summed E-state index contributed by atoms with van der Waals surface area (Å²) in [6.07, 6.45) is 1.16. The van der Waals surface area contributed by atoms with Crippen LogP contribution < -0.4 is 10.6 Å². The molecule has 0 spiro atoms. The minimum Gasteiger partial charge on any atom is -0.468 e. The number of halogens is 1. The Morgan fingerprint density at radius 2 is 2.19 bits per heavy atom. The van der Waals surface area contributed by atoms with Gasteiger partial charge in [-0.15, -0.1) is 0 Å². The van der Waals surface area contributed by atoms with Crippen molar-refractivity contribution in [2.24, 2.45) is 0 Å². The molecule has 0 saturated heterocycles. The molecule has 0 saturated carbocycles. The molecule has 0 atom stereocenters. The largest absolute Gasteiger partial charge is 0.468 e. The molecule has 0 heterocycles. The lowest BCUT2D eigenvalue weighted by Crippen LogP contribution is -2.22. The number of hydrogen-bond donors (Lipinski definition) is 2. The minimum absolute atomic E-state index is 0.134. The Morgan fingerprint density at radius 3 is 2.81 bits per heavy atom. The summed E-state index contributed by atoms with van der Waals surface area (Å²) in [7, 11) is 1.24. The molecule has 1 aromatic carbocycles. The van der Waals surface area contributed by atoms with Crippen molar-refractivity contribution in [3.63, 3.8) is 0 Å². The molecule has 1 aromatic rings. The van der Waals surface area contributed by atoms with Crippen LogP contribution in [0.1, 0.15) is 5.56 Å². The van der Waals surface area contributed by atoms with Crippen LogP contribution in [0.4, 0.5) is 5.69 Å². The van der Waals surface area contributed by atoms with Crippen LogP contribution in [0.15, 0.2) is 30.0 Å². The number of anilines is 1. The van der Waals surface area contributed by atoms with Gasteiger partial charge >= 0.3 is 5.97 Å². The number of nitrogens with one attached hydrogen (secondary N) is 2. The standard InChI is InChI=1S/C14H14ClN3O3/c1-9-11(15)4-3-5-12(9)18-14(20)10(6-16)7-17-8-13(19)21-2/h3-5,7,17H,8H2,1-2H3,(H,18,20)/b10-7-. The Bertz CT molecular complexity index is 620. The molecular weight excluding hydrogens is 294 g/mol. The van der Waals surface area contributed by atoms with Crippen LogP contribution in [0.5, 0.6) is 0 Å². The Balaban J connectivity index is 2.76. The highest BCUT2D eigenvalue weighted by atomic mass is 35.5. The van der Waals surface area contributed by atoms with E-state index in [2.05, 4.69) is 15.4 Å². The summed E-state index contributed by atoms with van der Waals surface area (Å²) in [6, 6.07) is 6.82. The molecule has 7 heteroatoms. The fourth-order valence-corrected chi connectivity index (χ4v) is 1.56. The second kappa shape index (κ2) is 7.92. The maximum absolute atomic E-state index is 12.0. The van der Waals surface area contributed by atoms with Crippen molar-refractivity contribution < 1.29 is 14.3 Å². The Labute approximate surface area is 127 Å². The van der Waals surface area contributed by atoms with Gasteiger partial charge in [0, 0.05) is 16.9 Å². The molecule has 0 aliphatic rings. The molecule has 110 valence electrons. The first-order valence-electron chi connectivity index (χ1n) is 5.96. The average Bonchev–Trinajstić information content (AvgIpc) is 2.48. The van der Waals surface area contributed by atoms with Crippen molar-refractivity contribution in [3.05, 3.63) is 40.6 Å². The van der Waals surface area contributed by atoms with Crippen molar-refractivity contribution in [1.82, 2.24) is 5.32 Å². The molecular formula is C14H14ClN3O3. The van der Waals surface area contributed by atoms with Crippen LogP contribution in [0.3, 0.4) is 0 Å². The second-order valence-electron chi connectivity index (χ2n) is 3.99. The van der Waals surface area contributed by atoms with Crippen molar-refractivity contribution in [1.29, 1.82) is 5.26 Å². The third-order valence-electron chi connectivity index (χ3n) is 2.60. The summed E-state index contributed by atoms with van der Waals surface area (Å²) in [5.74, 6) is -1.10. The van der Waals surface area contributed by atoms with Gasteiger partial charge in [0.15, 0.2) is 0 Å². The van der Waals surface area contributed by atoms with Crippen LogP contribution in [-0.4, -0.2) is 25.5 Å². The maximum Gasteiger partial charge on any atom is 0.325 e. The van der Waals surface area contributed by atoms with E-state index in [1.165, 1.54) is 7.11 Å². The first kappa shape index (κ1) is 16.5. The fourth-order valence-electron chi connectivity index (χ4n) is 1.39. The van der Waals surface area contributed by atoms with Gasteiger partial charge in [0.05, 0.1) is 7.11 Å². The first-order chi connectivity index (χ1) is 9.99. The number of benzene rings is 1. The van der Waals surface area contributed by atoms with E-state index in [0.29, 0.717) is 16.3 Å². The average molecular weight is 308 g/mol. The Kier molecular flexibility index (Phi) is 6.24. The van der Waals surface area contributed by atoms with Gasteiger partial charge in [-0.1, -0.05) is 17.7 Å². The number of nitrogens with zero attached hydrogens (tertiary/aromatic N) is 1. The van der Waals surface area contributed by atoms with Crippen LogP contribution in [-0.2, 0) is 14.3 Å². The van der Waals surface area contributed by atoms with Gasteiger partial charge in [-0.25, -0.2) is 0 Å². The van der Waals surface area contributed by atoms with Crippen LogP contribution in [0.25, 0.3) is 0 Å². The van der Waals surface area contributed by atoms with E-state index in [1.807, 2.05) is 0 Å². The van der Waals surface area contributed by atoms with Gasteiger partial charge in [0.2, 0.25) is 0 Å². The highest BCUT2D eigenvalue weighted by Gasteiger charge is 2.11. The van der Waals surface area contributed by atoms with Gasteiger partial charge in [-0.3, -0.25) is 9.59 Å². The first-order valence-corrected chi connectivity index (χ1v) is 6.34. The van der Waals surface area contributed by atoms with Gasteiger partial charge in [0.1, 0.15) is 18.2 Å². The molecule has 21 heavy (non-hydrogen) atoms. The zero-order chi connectivity index (χ0) is 15.8. The maximum atomic E-state index is 12.0. The topological polar surface area (TPSA) is 91.2 Å². The summed E-state index contributed by atoms with van der Waals surface area (Å²) in [5, 5.41) is 14.6. The van der Waals surface area contributed by atoms with Crippen molar-refractivity contribution in [2.45, 2.75) is 6.92 Å². The number of rotatable bonds is 5. The quantitative estimate of drug-likeness (QED) is 0.491. The Hall–Kier alpha value is -2.52. The predicted octanol–water partition coefficient (Wildman–Crippen LogP) is 1.76. The third-order valence-corrected chi connectivity index (χ3v) is 3.01. The van der Waals surface area contributed by atoms with E-state index in [-0.39, 0.29) is 12.1 Å². The van der Waals surface area contributed by atoms with Gasteiger partial charge in [-0.05, 0) is 24.6 Å². The summed E-state index contributed by atoms with van der Waals surface area (Å²) in [6.45, 7) is 1.62. The lowest BCUT2D eigenvalue weighted by Gasteiger charge is -2.09. The molecule has 1 rings (SSSR count). The monoisotopic (exact) mass is 307 g/mol. The van der Waals surface area contributed by atoms with Gasteiger partial charge in [0.25, 0.3) is 5.91 Å². The van der Waals surface area contributed by atoms with Gasteiger partial charge in [-0.2, -0.15) is 5.26 Å². The summed E-state index contributed by atoms with van der Waals surface area (Å²) in [4.78, 5) is 22.9. The molecule has 0 aliphatic heterocycles. The van der Waals surface area contributed by atoms with E-state index in [4.69, 9.17) is 16.9 Å². The van der Waals surface area contributed by atoms with Crippen molar-refractivity contribution in [3.8, 4) is 6.07 Å². The molecule has 0 aliphatic carbocycles. The van der Waals surface area contributed by atoms with Crippen molar-refractivity contribution in [2.75, 3.05) is 19.0 Å². The lowest BCUT2D eigenvalue weighted by atomic mass is 10.2. The molecule has 1 amide bonds. The number of methoxy groups -OCH3 is 1. The SMILES string of the molecule is COC(=O)CN/C=C(/C#N)C(=O)Nc1cccc(Cl)c1C. The smallest absolute Gasteiger partial charge is 0.325 e. The summed E-state index contributed by atoms with van der Waals surface area (Å²) >= 11 is 5.95. The molecule has 0 radical (unpaired) electrons. The number of amides is 1. The van der Waals surface area contributed by atoms with E-state index in [9.17, 15) is 9.59 Å². The zero-order valence-electron chi connectivity index (χ0n) is 11.6. The molecule has 2 N–H and O–H groups in total. The normalized spacial score (nSPS) is 10.5. The van der Waals surface area contributed by atoms with E-state index in [1.54, 1.807) is 31.2 Å². The molecule has 0 bridgehead atoms. The predicted molar refractivity (Wildman–Crippen MR) is 78.5 cm³/mol. The molecule has 0 aromatic heterocycles. The fraction of sp³-hybridized carbons (Fsp3) is 0.214. The number of nitriles is 1. The Morgan fingerprint density at radius 1 is 1.48 bits per heavy atom. The number of ether oxygens (including phenoxy) is 1. The van der Waals surface area contributed by atoms with Gasteiger partial charge < -0.3 is 15.4 Å². The number of carbonyl (C=O) groups excluding carboxylic acids is 2. The van der Waals surface area contributed by atoms with E-state index < -0.39 is 11.9 Å².